The van der Waals surface area contributed by atoms with E-state index in [0.717, 1.165) is 25.9 Å². The third kappa shape index (κ3) is 2.79. The van der Waals surface area contributed by atoms with Crippen molar-refractivity contribution in [1.82, 2.24) is 16.0 Å². The molecule has 1 amide bonds. The summed E-state index contributed by atoms with van der Waals surface area (Å²) in [5.41, 5.74) is 0. The van der Waals surface area contributed by atoms with Gasteiger partial charge in [-0.1, -0.05) is 0 Å². The van der Waals surface area contributed by atoms with Crippen LogP contribution >= 0.6 is 0 Å². The first-order chi connectivity index (χ1) is 5.84. The molecule has 1 atom stereocenters. The van der Waals surface area contributed by atoms with Crippen LogP contribution in [0.4, 0.5) is 0 Å². The van der Waals surface area contributed by atoms with Crippen molar-refractivity contribution < 1.29 is 4.79 Å². The number of likely N-dealkylation sites (N-methyl/N-ethyl adjacent to an activating group) is 1. The van der Waals surface area contributed by atoms with E-state index in [2.05, 4.69) is 16.0 Å². The number of carbonyl (C=O) groups is 1. The molecule has 0 unspecified atom stereocenters. The third-order valence-electron chi connectivity index (χ3n) is 2.05. The van der Waals surface area contributed by atoms with Crippen LogP contribution in [0.15, 0.2) is 0 Å². The zero-order chi connectivity index (χ0) is 8.81. The fourth-order valence-corrected chi connectivity index (χ4v) is 1.34. The number of amides is 1. The Bertz CT molecular complexity index is 143. The fourth-order valence-electron chi connectivity index (χ4n) is 1.34. The van der Waals surface area contributed by atoms with Gasteiger partial charge in [0.2, 0.25) is 5.91 Å². The SMILES string of the molecule is CNCCNC(=O)[C@H]1CCCN1. The molecule has 0 aromatic heterocycles. The molecule has 70 valence electrons. The lowest BCUT2D eigenvalue weighted by atomic mass is 10.2. The van der Waals surface area contributed by atoms with Crippen molar-refractivity contribution in [2.75, 3.05) is 26.7 Å². The van der Waals surface area contributed by atoms with Gasteiger partial charge < -0.3 is 16.0 Å². The van der Waals surface area contributed by atoms with Gasteiger partial charge in [-0.25, -0.2) is 0 Å². The first-order valence-corrected chi connectivity index (χ1v) is 4.50. The van der Waals surface area contributed by atoms with Crippen molar-refractivity contribution in [2.24, 2.45) is 0 Å². The van der Waals surface area contributed by atoms with Gasteiger partial charge in [-0.15, -0.1) is 0 Å². The molecule has 1 rings (SSSR count). The van der Waals surface area contributed by atoms with Crippen LogP contribution in [0.5, 0.6) is 0 Å². The maximum Gasteiger partial charge on any atom is 0.237 e. The van der Waals surface area contributed by atoms with Crippen LogP contribution in [0.1, 0.15) is 12.8 Å². The Morgan fingerprint density at radius 1 is 1.58 bits per heavy atom. The topological polar surface area (TPSA) is 53.2 Å². The number of hydrogen-bond acceptors (Lipinski definition) is 3. The molecule has 0 radical (unpaired) electrons. The van der Waals surface area contributed by atoms with Crippen molar-refractivity contribution in [2.45, 2.75) is 18.9 Å². The van der Waals surface area contributed by atoms with Gasteiger partial charge in [-0.2, -0.15) is 0 Å². The van der Waals surface area contributed by atoms with Gasteiger partial charge in [-0.05, 0) is 26.4 Å². The molecule has 1 heterocycles. The standard InChI is InChI=1S/C8H17N3O/c1-9-5-6-11-8(12)7-3-2-4-10-7/h7,9-10H,2-6H2,1H3,(H,11,12)/t7-/m1/s1. The Balaban J connectivity index is 2.10. The minimum Gasteiger partial charge on any atom is -0.353 e. The average molecular weight is 171 g/mol. The van der Waals surface area contributed by atoms with E-state index in [-0.39, 0.29) is 11.9 Å². The van der Waals surface area contributed by atoms with E-state index in [0.29, 0.717) is 6.54 Å². The minimum atomic E-state index is 0.0573. The second-order valence-corrected chi connectivity index (χ2v) is 3.04. The van der Waals surface area contributed by atoms with E-state index >= 15 is 0 Å². The quantitative estimate of drug-likeness (QED) is 0.479. The van der Waals surface area contributed by atoms with Gasteiger partial charge >= 0.3 is 0 Å². The molecule has 0 aromatic rings. The van der Waals surface area contributed by atoms with Crippen molar-refractivity contribution in [1.29, 1.82) is 0 Å². The number of rotatable bonds is 4. The van der Waals surface area contributed by atoms with Crippen molar-refractivity contribution >= 4 is 5.91 Å². The lowest BCUT2D eigenvalue weighted by Crippen LogP contribution is -2.42. The minimum absolute atomic E-state index is 0.0573. The summed E-state index contributed by atoms with van der Waals surface area (Å²) in [4.78, 5) is 11.3. The summed E-state index contributed by atoms with van der Waals surface area (Å²) < 4.78 is 0. The molecule has 0 aliphatic carbocycles. The molecular weight excluding hydrogens is 154 g/mol. The summed E-state index contributed by atoms with van der Waals surface area (Å²) in [7, 11) is 1.87. The van der Waals surface area contributed by atoms with Crippen molar-refractivity contribution in [3.05, 3.63) is 0 Å². The summed E-state index contributed by atoms with van der Waals surface area (Å²) in [6, 6.07) is 0.0573. The summed E-state index contributed by atoms with van der Waals surface area (Å²) in [5, 5.41) is 8.99. The van der Waals surface area contributed by atoms with Crippen LogP contribution in [0.3, 0.4) is 0 Å². The maximum absolute atomic E-state index is 11.3. The molecule has 12 heavy (non-hydrogen) atoms. The first kappa shape index (κ1) is 9.48. The highest BCUT2D eigenvalue weighted by molar-refractivity contribution is 5.81. The Labute approximate surface area is 73.1 Å². The van der Waals surface area contributed by atoms with Gasteiger partial charge in [-0.3, -0.25) is 4.79 Å². The van der Waals surface area contributed by atoms with Crippen molar-refractivity contribution in [3.8, 4) is 0 Å². The summed E-state index contributed by atoms with van der Waals surface area (Å²) in [6.45, 7) is 2.52. The van der Waals surface area contributed by atoms with Crippen LogP contribution in [0, 0.1) is 0 Å². The van der Waals surface area contributed by atoms with Crippen LogP contribution in [0.25, 0.3) is 0 Å². The van der Waals surface area contributed by atoms with Gasteiger partial charge in [0.1, 0.15) is 0 Å². The Hall–Kier alpha value is -0.610. The lowest BCUT2D eigenvalue weighted by Gasteiger charge is -2.10. The number of hydrogen-bond donors (Lipinski definition) is 3. The van der Waals surface area contributed by atoms with Crippen LogP contribution in [-0.2, 0) is 4.79 Å². The maximum atomic E-state index is 11.3. The molecule has 0 spiro atoms. The molecule has 4 nitrogen and oxygen atoms in total. The Morgan fingerprint density at radius 3 is 3.00 bits per heavy atom. The van der Waals surface area contributed by atoms with E-state index < -0.39 is 0 Å². The highest BCUT2D eigenvalue weighted by atomic mass is 16.2. The van der Waals surface area contributed by atoms with Crippen LogP contribution < -0.4 is 16.0 Å². The number of carbonyl (C=O) groups excluding carboxylic acids is 1. The Morgan fingerprint density at radius 2 is 2.42 bits per heavy atom. The molecule has 1 saturated heterocycles. The Kier molecular flexibility index (Phi) is 4.04. The zero-order valence-electron chi connectivity index (χ0n) is 7.52. The van der Waals surface area contributed by atoms with Gasteiger partial charge in [0.05, 0.1) is 6.04 Å². The number of nitrogens with one attached hydrogen (secondary N) is 3. The summed E-state index contributed by atoms with van der Waals surface area (Å²) in [6.07, 6.45) is 2.09. The normalized spacial score (nSPS) is 22.6. The molecule has 4 heteroatoms. The largest absolute Gasteiger partial charge is 0.353 e. The van der Waals surface area contributed by atoms with E-state index in [1.165, 1.54) is 0 Å². The second-order valence-electron chi connectivity index (χ2n) is 3.04. The molecule has 0 saturated carbocycles. The van der Waals surface area contributed by atoms with E-state index in [9.17, 15) is 4.79 Å². The van der Waals surface area contributed by atoms with Crippen LogP contribution in [0.2, 0.25) is 0 Å². The zero-order valence-corrected chi connectivity index (χ0v) is 7.52. The monoisotopic (exact) mass is 171 g/mol. The molecule has 1 aliphatic heterocycles. The van der Waals surface area contributed by atoms with Crippen molar-refractivity contribution in [3.63, 3.8) is 0 Å². The van der Waals surface area contributed by atoms with Crippen LogP contribution in [-0.4, -0.2) is 38.6 Å². The predicted octanol–water partition coefficient (Wildman–Crippen LogP) is -0.926. The third-order valence-corrected chi connectivity index (χ3v) is 2.05. The molecule has 0 bridgehead atoms. The van der Waals surface area contributed by atoms with E-state index in [4.69, 9.17) is 0 Å². The van der Waals surface area contributed by atoms with E-state index in [1.807, 2.05) is 7.05 Å². The smallest absolute Gasteiger partial charge is 0.237 e. The average Bonchev–Trinajstić information content (AvgIpc) is 2.56. The predicted molar refractivity (Wildman–Crippen MR) is 48.0 cm³/mol. The molecular formula is C8H17N3O. The molecule has 0 aromatic carbocycles. The van der Waals surface area contributed by atoms with Gasteiger partial charge in [0, 0.05) is 13.1 Å². The van der Waals surface area contributed by atoms with Gasteiger partial charge in [0.25, 0.3) is 0 Å². The first-order valence-electron chi connectivity index (χ1n) is 4.50. The fraction of sp³-hybridized carbons (Fsp3) is 0.875. The summed E-state index contributed by atoms with van der Waals surface area (Å²) >= 11 is 0. The second kappa shape index (κ2) is 5.11. The van der Waals surface area contributed by atoms with Gasteiger partial charge in [0.15, 0.2) is 0 Å². The lowest BCUT2D eigenvalue weighted by molar-refractivity contribution is -0.122. The van der Waals surface area contributed by atoms with E-state index in [1.54, 1.807) is 0 Å². The molecule has 1 aliphatic rings. The highest BCUT2D eigenvalue weighted by Crippen LogP contribution is 2.03. The molecule has 1 fully saturated rings. The highest BCUT2D eigenvalue weighted by Gasteiger charge is 2.20. The molecule has 3 N–H and O–H groups in total. The summed E-state index contributed by atoms with van der Waals surface area (Å²) in [5.74, 6) is 0.141.